The first kappa shape index (κ1) is 21.2. The van der Waals surface area contributed by atoms with Gasteiger partial charge in [-0.15, -0.1) is 0 Å². The van der Waals surface area contributed by atoms with Gasteiger partial charge in [0.2, 0.25) is 0 Å². The Labute approximate surface area is 191 Å². The fourth-order valence-corrected chi connectivity index (χ4v) is 4.49. The second-order valence-corrected chi connectivity index (χ2v) is 8.69. The van der Waals surface area contributed by atoms with Crippen LogP contribution in [0, 0.1) is 11.6 Å². The van der Waals surface area contributed by atoms with E-state index in [2.05, 4.69) is 10.1 Å². The third-order valence-electron chi connectivity index (χ3n) is 6.24. The van der Waals surface area contributed by atoms with Crippen molar-refractivity contribution in [3.63, 3.8) is 0 Å². The zero-order chi connectivity index (χ0) is 23.5. The van der Waals surface area contributed by atoms with Crippen LogP contribution in [-0.4, -0.2) is 48.4 Å². The van der Waals surface area contributed by atoms with Gasteiger partial charge in [-0.1, -0.05) is 0 Å². The number of aryl methyl sites for hydroxylation is 1. The van der Waals surface area contributed by atoms with Crippen LogP contribution in [0.15, 0.2) is 48.8 Å². The van der Waals surface area contributed by atoms with Crippen LogP contribution in [0.4, 0.5) is 8.78 Å². The predicted molar refractivity (Wildman–Crippen MR) is 125 cm³/mol. The highest BCUT2D eigenvalue weighted by atomic mass is 19.1. The first-order chi connectivity index (χ1) is 15.7. The smallest absolute Gasteiger partial charge is 0.255 e. The minimum absolute atomic E-state index is 0.164. The number of aromatic nitrogens is 3. The molecule has 1 amide bonds. The van der Waals surface area contributed by atoms with Gasteiger partial charge in [-0.25, -0.2) is 8.78 Å². The summed E-state index contributed by atoms with van der Waals surface area (Å²) in [4.78, 5) is 18.7. The van der Waals surface area contributed by atoms with E-state index in [4.69, 9.17) is 4.74 Å². The zero-order valence-electron chi connectivity index (χ0n) is 18.7. The highest BCUT2D eigenvalue weighted by Crippen LogP contribution is 2.36. The predicted octanol–water partition coefficient (Wildman–Crippen LogP) is 1.95. The van der Waals surface area contributed by atoms with Gasteiger partial charge in [-0.2, -0.15) is 5.10 Å². The molecule has 0 atom stereocenters. The third kappa shape index (κ3) is 3.28. The molecule has 1 aliphatic rings. The van der Waals surface area contributed by atoms with Crippen molar-refractivity contribution in [2.24, 2.45) is 7.05 Å². The summed E-state index contributed by atoms with van der Waals surface area (Å²) in [6.07, 6.45) is 3.43. The molecule has 2 aromatic heterocycles. The molecule has 3 heterocycles. The molecule has 0 aliphatic carbocycles. The van der Waals surface area contributed by atoms with E-state index in [1.165, 1.54) is 24.1 Å². The molecule has 0 spiro atoms. The number of carbonyl (C=O) groups is 1. The molecule has 0 saturated carbocycles. The molecule has 1 aliphatic heterocycles. The first-order valence-corrected chi connectivity index (χ1v) is 10.5. The summed E-state index contributed by atoms with van der Waals surface area (Å²) in [7, 11) is 6.97. The van der Waals surface area contributed by atoms with Crippen LogP contribution >= 0.6 is 0 Å². The number of amides is 1. The lowest BCUT2D eigenvalue weighted by Crippen LogP contribution is -2.45. The summed E-state index contributed by atoms with van der Waals surface area (Å²) in [5.41, 5.74) is 2.54. The number of carbonyl (C=O) groups excluding carboxylic acids is 1. The highest BCUT2D eigenvalue weighted by Gasteiger charge is 2.44. The average Bonchev–Trinajstić information content (AvgIpc) is 3.25. The van der Waals surface area contributed by atoms with Gasteiger partial charge in [0, 0.05) is 35.7 Å². The number of pyridine rings is 1. The van der Waals surface area contributed by atoms with E-state index < -0.39 is 17.0 Å². The lowest BCUT2D eigenvalue weighted by Gasteiger charge is -2.32. The molecule has 4 aromatic rings. The van der Waals surface area contributed by atoms with Gasteiger partial charge < -0.3 is 9.64 Å². The molecular formula is C23H20B2F2N4O2. The summed E-state index contributed by atoms with van der Waals surface area (Å²) >= 11 is 0. The van der Waals surface area contributed by atoms with Gasteiger partial charge in [-0.3, -0.25) is 14.5 Å². The molecular weight excluding hydrogens is 424 g/mol. The number of hydrogen-bond acceptors (Lipinski definition) is 4. The minimum Gasteiger partial charge on any atom is -0.494 e. The number of halogens is 2. The normalized spacial score (nSPS) is 14.7. The van der Waals surface area contributed by atoms with E-state index in [0.717, 1.165) is 5.39 Å². The van der Waals surface area contributed by atoms with Crippen LogP contribution in [0.2, 0.25) is 0 Å². The van der Waals surface area contributed by atoms with Crippen molar-refractivity contribution in [3.8, 4) is 16.9 Å². The second kappa shape index (κ2) is 7.43. The lowest BCUT2D eigenvalue weighted by atomic mass is 9.59. The number of nitrogens with zero attached hydrogens (tertiary/aromatic N) is 4. The molecule has 5 rings (SSSR count). The number of methoxy groups -OCH3 is 1. The van der Waals surface area contributed by atoms with Gasteiger partial charge in [0.1, 0.15) is 38.6 Å². The molecule has 0 radical (unpaired) electrons. The maximum absolute atomic E-state index is 15.2. The maximum Gasteiger partial charge on any atom is 0.255 e. The Balaban J connectivity index is 1.53. The minimum atomic E-state index is -0.788. The Kier molecular flexibility index (Phi) is 4.77. The number of hydrogen-bond donors (Lipinski definition) is 0. The highest BCUT2D eigenvalue weighted by molar-refractivity contribution is 6.42. The Bertz CT molecular complexity index is 1410. The van der Waals surface area contributed by atoms with Crippen molar-refractivity contribution in [2.75, 3.05) is 7.11 Å². The van der Waals surface area contributed by atoms with Crippen LogP contribution in [-0.2, 0) is 18.9 Å². The van der Waals surface area contributed by atoms with Crippen LogP contribution in [0.3, 0.4) is 0 Å². The standard InChI is InChI=1S/C23H20B2F2N4O2/c1-30-10-14-6-12(9-19(33-2)20(14)29-30)13-7-17(26)16(18(27)8-13)11-31-22(32)15-4-3-5-28-21(15)23(31,24)25/h3-10H,11,24-25H2,1-2H3. The van der Waals surface area contributed by atoms with Gasteiger partial charge in [-0.05, 0) is 47.5 Å². The number of ether oxygens (including phenoxy) is 1. The SMILES string of the molecule is BC1(B)c2ncccc2C(=O)N1Cc1c(F)cc(-c2cc(OC)c3nn(C)cc3c2)cc1F. The topological polar surface area (TPSA) is 60.3 Å². The fraction of sp³-hybridized carbons (Fsp3) is 0.174. The van der Waals surface area contributed by atoms with Gasteiger partial charge in [0.05, 0.1) is 24.9 Å². The van der Waals surface area contributed by atoms with Crippen LogP contribution < -0.4 is 4.74 Å². The maximum atomic E-state index is 15.2. The van der Waals surface area contributed by atoms with E-state index in [-0.39, 0.29) is 18.0 Å². The second-order valence-electron chi connectivity index (χ2n) is 8.69. The van der Waals surface area contributed by atoms with Gasteiger partial charge >= 0.3 is 0 Å². The van der Waals surface area contributed by atoms with Gasteiger partial charge in [0.25, 0.3) is 5.91 Å². The van der Waals surface area contributed by atoms with E-state index in [1.807, 2.05) is 28.0 Å². The lowest BCUT2D eigenvalue weighted by molar-refractivity contribution is 0.0727. The molecule has 10 heteroatoms. The molecule has 0 bridgehead atoms. The summed E-state index contributed by atoms with van der Waals surface area (Å²) in [6, 6.07) is 9.46. The zero-order valence-corrected chi connectivity index (χ0v) is 18.7. The summed E-state index contributed by atoms with van der Waals surface area (Å²) in [5.74, 6) is -1.22. The van der Waals surface area contributed by atoms with Crippen LogP contribution in [0.5, 0.6) is 5.75 Å². The molecule has 0 saturated heterocycles. The van der Waals surface area contributed by atoms with E-state index in [1.54, 1.807) is 36.1 Å². The number of fused-ring (bicyclic) bond motifs is 2. The molecule has 33 heavy (non-hydrogen) atoms. The van der Waals surface area contributed by atoms with Crippen LogP contribution in [0.25, 0.3) is 22.0 Å². The molecule has 2 aromatic carbocycles. The van der Waals surface area contributed by atoms with Crippen molar-refractivity contribution in [3.05, 3.63) is 77.2 Å². The van der Waals surface area contributed by atoms with Crippen LogP contribution in [0.1, 0.15) is 21.6 Å². The number of rotatable bonds is 4. The molecule has 0 N–H and O–H groups in total. The molecule has 164 valence electrons. The summed E-state index contributed by atoms with van der Waals surface area (Å²) in [6.45, 7) is -0.203. The van der Waals surface area contributed by atoms with Crippen molar-refractivity contribution < 1.29 is 18.3 Å². The average molecular weight is 444 g/mol. The molecule has 6 nitrogen and oxygen atoms in total. The Hall–Kier alpha value is -3.68. The molecule has 0 unspecified atom stereocenters. The monoisotopic (exact) mass is 444 g/mol. The van der Waals surface area contributed by atoms with Crippen molar-refractivity contribution in [1.29, 1.82) is 0 Å². The molecule has 0 fully saturated rings. The van der Waals surface area contributed by atoms with Crippen molar-refractivity contribution >= 4 is 32.5 Å². The van der Waals surface area contributed by atoms with E-state index in [0.29, 0.717) is 33.7 Å². The number of benzene rings is 2. The van der Waals surface area contributed by atoms with E-state index >= 15 is 8.78 Å². The van der Waals surface area contributed by atoms with Crippen molar-refractivity contribution in [1.82, 2.24) is 19.7 Å². The summed E-state index contributed by atoms with van der Waals surface area (Å²) < 4.78 is 37.5. The van der Waals surface area contributed by atoms with Gasteiger partial charge in [0.15, 0.2) is 0 Å². The summed E-state index contributed by atoms with van der Waals surface area (Å²) in [5, 5.41) is 4.37. The first-order valence-electron chi connectivity index (χ1n) is 10.5. The Morgan fingerprint density at radius 2 is 1.82 bits per heavy atom. The quantitative estimate of drug-likeness (QED) is 0.452. The van der Waals surface area contributed by atoms with Crippen molar-refractivity contribution in [2.45, 2.75) is 11.9 Å². The fourth-order valence-electron chi connectivity index (χ4n) is 4.49. The Morgan fingerprint density at radius 3 is 2.48 bits per heavy atom. The van der Waals surface area contributed by atoms with E-state index in [9.17, 15) is 4.79 Å². The third-order valence-corrected chi connectivity index (χ3v) is 6.24. The Morgan fingerprint density at radius 1 is 1.12 bits per heavy atom. The largest absolute Gasteiger partial charge is 0.494 e.